The predicted molar refractivity (Wildman–Crippen MR) is 37.8 cm³/mol. The van der Waals surface area contributed by atoms with Crippen molar-refractivity contribution in [2.24, 2.45) is 0 Å². The third kappa shape index (κ3) is 1.08. The van der Waals surface area contributed by atoms with Crippen LogP contribution in [0.4, 0.5) is 0 Å². The van der Waals surface area contributed by atoms with Crippen molar-refractivity contribution in [1.29, 1.82) is 0 Å². The standard InChI is InChI=1S/C8H8O3/c9-4-6-1-2-7-5-10-11-8(7)3-6/h1-3,9H,4-5H2. The van der Waals surface area contributed by atoms with Crippen LogP contribution in [0.5, 0.6) is 5.75 Å². The number of benzene rings is 1. The van der Waals surface area contributed by atoms with Gasteiger partial charge in [0.2, 0.25) is 0 Å². The average Bonchev–Trinajstić information content (AvgIpc) is 2.50. The minimum Gasteiger partial charge on any atom is -0.392 e. The van der Waals surface area contributed by atoms with E-state index >= 15 is 0 Å². The van der Waals surface area contributed by atoms with E-state index in [2.05, 4.69) is 0 Å². The first-order valence-electron chi connectivity index (χ1n) is 3.42. The summed E-state index contributed by atoms with van der Waals surface area (Å²) in [5, 5.41) is 8.77. The van der Waals surface area contributed by atoms with Crippen molar-refractivity contribution < 1.29 is 14.9 Å². The molecule has 0 aromatic heterocycles. The lowest BCUT2D eigenvalue weighted by molar-refractivity contribution is -0.194. The highest BCUT2D eigenvalue weighted by Gasteiger charge is 2.12. The van der Waals surface area contributed by atoms with Gasteiger partial charge in [-0.1, -0.05) is 12.1 Å². The number of hydrogen-bond donors (Lipinski definition) is 1. The number of aliphatic hydroxyl groups is 1. The lowest BCUT2D eigenvalue weighted by Crippen LogP contribution is -1.84. The van der Waals surface area contributed by atoms with Gasteiger partial charge in [0.1, 0.15) is 6.61 Å². The molecule has 0 saturated carbocycles. The van der Waals surface area contributed by atoms with Gasteiger partial charge in [-0.05, 0) is 11.6 Å². The Labute approximate surface area is 64.1 Å². The zero-order valence-corrected chi connectivity index (χ0v) is 5.91. The van der Waals surface area contributed by atoms with E-state index in [1.807, 2.05) is 12.1 Å². The molecule has 0 fully saturated rings. The van der Waals surface area contributed by atoms with Crippen molar-refractivity contribution in [2.45, 2.75) is 13.2 Å². The highest BCUT2D eigenvalue weighted by Crippen LogP contribution is 2.26. The SMILES string of the molecule is OCc1ccc2c(c1)OOC2. The van der Waals surface area contributed by atoms with Crippen LogP contribution >= 0.6 is 0 Å². The molecule has 11 heavy (non-hydrogen) atoms. The summed E-state index contributed by atoms with van der Waals surface area (Å²) in [5.74, 6) is 0.719. The first-order chi connectivity index (χ1) is 5.40. The van der Waals surface area contributed by atoms with E-state index < -0.39 is 0 Å². The van der Waals surface area contributed by atoms with Crippen molar-refractivity contribution in [3.8, 4) is 5.75 Å². The van der Waals surface area contributed by atoms with Gasteiger partial charge in [0.25, 0.3) is 0 Å². The minimum absolute atomic E-state index is 0.0383. The molecule has 1 N–H and O–H groups in total. The number of rotatable bonds is 1. The molecule has 1 aromatic rings. The van der Waals surface area contributed by atoms with Crippen LogP contribution in [-0.4, -0.2) is 5.11 Å². The maximum Gasteiger partial charge on any atom is 0.171 e. The van der Waals surface area contributed by atoms with Crippen molar-refractivity contribution in [3.63, 3.8) is 0 Å². The molecule has 0 atom stereocenters. The molecule has 0 amide bonds. The molecular weight excluding hydrogens is 144 g/mol. The maximum atomic E-state index is 8.77. The second-order valence-electron chi connectivity index (χ2n) is 2.45. The topological polar surface area (TPSA) is 38.7 Å². The van der Waals surface area contributed by atoms with Crippen LogP contribution in [0.25, 0.3) is 0 Å². The molecular formula is C8H8O3. The molecule has 0 aliphatic carbocycles. The van der Waals surface area contributed by atoms with Crippen LogP contribution in [-0.2, 0) is 18.1 Å². The number of hydrogen-bond acceptors (Lipinski definition) is 3. The molecule has 0 spiro atoms. The van der Waals surface area contributed by atoms with Crippen molar-refractivity contribution in [2.75, 3.05) is 0 Å². The predicted octanol–water partition coefficient (Wildman–Crippen LogP) is 1.00. The molecule has 0 saturated heterocycles. The first kappa shape index (κ1) is 6.64. The summed E-state index contributed by atoms with van der Waals surface area (Å²) in [6.45, 7) is 0.539. The van der Waals surface area contributed by atoms with Gasteiger partial charge in [0, 0.05) is 5.56 Å². The zero-order chi connectivity index (χ0) is 7.68. The smallest absolute Gasteiger partial charge is 0.171 e. The summed E-state index contributed by atoms with van der Waals surface area (Å²) >= 11 is 0. The highest BCUT2D eigenvalue weighted by molar-refractivity contribution is 5.37. The Balaban J connectivity index is 2.41. The van der Waals surface area contributed by atoms with Crippen LogP contribution in [0, 0.1) is 0 Å². The first-order valence-corrected chi connectivity index (χ1v) is 3.42. The Hall–Kier alpha value is -1.06. The van der Waals surface area contributed by atoms with Crippen LogP contribution < -0.4 is 4.89 Å². The highest BCUT2D eigenvalue weighted by atomic mass is 17.2. The third-order valence-corrected chi connectivity index (χ3v) is 1.68. The van der Waals surface area contributed by atoms with Gasteiger partial charge < -0.3 is 9.99 Å². The lowest BCUT2D eigenvalue weighted by Gasteiger charge is -1.97. The van der Waals surface area contributed by atoms with Crippen molar-refractivity contribution in [3.05, 3.63) is 29.3 Å². The molecule has 1 aliphatic rings. The summed E-state index contributed by atoms with van der Waals surface area (Å²) in [6.07, 6.45) is 0. The molecule has 3 nitrogen and oxygen atoms in total. The summed E-state index contributed by atoms with van der Waals surface area (Å²) < 4.78 is 0. The molecule has 1 heterocycles. The molecule has 2 rings (SSSR count). The van der Waals surface area contributed by atoms with Gasteiger partial charge in [0.05, 0.1) is 6.61 Å². The Morgan fingerprint density at radius 3 is 3.18 bits per heavy atom. The van der Waals surface area contributed by atoms with E-state index in [4.69, 9.17) is 14.9 Å². The van der Waals surface area contributed by atoms with E-state index in [9.17, 15) is 0 Å². The summed E-state index contributed by atoms with van der Waals surface area (Å²) in [4.78, 5) is 9.56. The Morgan fingerprint density at radius 1 is 1.45 bits per heavy atom. The summed E-state index contributed by atoms with van der Waals surface area (Å²) in [5.41, 5.74) is 1.87. The van der Waals surface area contributed by atoms with E-state index in [-0.39, 0.29) is 6.61 Å². The van der Waals surface area contributed by atoms with Crippen molar-refractivity contribution >= 4 is 0 Å². The van der Waals surface area contributed by atoms with Crippen molar-refractivity contribution in [1.82, 2.24) is 0 Å². The Bertz CT molecular complexity index is 270. The molecule has 1 aromatic carbocycles. The Kier molecular flexibility index (Phi) is 1.52. The summed E-state index contributed by atoms with van der Waals surface area (Å²) in [7, 11) is 0. The monoisotopic (exact) mass is 152 g/mol. The molecule has 0 unspecified atom stereocenters. The molecule has 1 aliphatic heterocycles. The third-order valence-electron chi connectivity index (χ3n) is 1.68. The van der Waals surface area contributed by atoms with E-state index in [0.29, 0.717) is 6.61 Å². The lowest BCUT2D eigenvalue weighted by atomic mass is 10.1. The quantitative estimate of drug-likeness (QED) is 0.610. The van der Waals surface area contributed by atoms with Gasteiger partial charge in [0.15, 0.2) is 5.75 Å². The second-order valence-corrected chi connectivity index (χ2v) is 2.45. The van der Waals surface area contributed by atoms with Crippen LogP contribution in [0.1, 0.15) is 11.1 Å². The van der Waals surface area contributed by atoms with Crippen LogP contribution in [0.15, 0.2) is 18.2 Å². The molecule has 3 heteroatoms. The van der Waals surface area contributed by atoms with E-state index in [1.165, 1.54) is 0 Å². The van der Waals surface area contributed by atoms with E-state index in [1.54, 1.807) is 6.07 Å². The number of aliphatic hydroxyl groups excluding tert-OH is 1. The van der Waals surface area contributed by atoms with Gasteiger partial charge in [-0.2, -0.15) is 4.89 Å². The second kappa shape index (κ2) is 2.53. The molecule has 58 valence electrons. The molecule has 0 radical (unpaired) electrons. The number of fused-ring (bicyclic) bond motifs is 1. The molecule has 0 bridgehead atoms. The Morgan fingerprint density at radius 2 is 2.36 bits per heavy atom. The minimum atomic E-state index is 0.0383. The maximum absolute atomic E-state index is 8.77. The fraction of sp³-hybridized carbons (Fsp3) is 0.250. The normalized spacial score (nSPS) is 14.3. The van der Waals surface area contributed by atoms with Gasteiger partial charge in [-0.25, -0.2) is 0 Å². The van der Waals surface area contributed by atoms with Gasteiger partial charge in [-0.3, -0.25) is 0 Å². The zero-order valence-electron chi connectivity index (χ0n) is 5.91. The van der Waals surface area contributed by atoms with E-state index in [0.717, 1.165) is 16.9 Å². The van der Waals surface area contributed by atoms with Crippen LogP contribution in [0.3, 0.4) is 0 Å². The fourth-order valence-electron chi connectivity index (χ4n) is 1.05. The van der Waals surface area contributed by atoms with Gasteiger partial charge >= 0.3 is 0 Å². The van der Waals surface area contributed by atoms with Crippen LogP contribution in [0.2, 0.25) is 0 Å². The van der Waals surface area contributed by atoms with Gasteiger partial charge in [-0.15, -0.1) is 0 Å². The average molecular weight is 152 g/mol. The largest absolute Gasteiger partial charge is 0.392 e. The fourth-order valence-corrected chi connectivity index (χ4v) is 1.05. The summed E-state index contributed by atoms with van der Waals surface area (Å²) in [6, 6.07) is 5.53.